The summed E-state index contributed by atoms with van der Waals surface area (Å²) < 4.78 is 54.7. The van der Waals surface area contributed by atoms with Crippen LogP contribution in [-0.4, -0.2) is 16.8 Å². The Morgan fingerprint density at radius 1 is 0.679 bits per heavy atom. The van der Waals surface area contributed by atoms with Gasteiger partial charge in [-0.3, -0.25) is 9.44 Å². The van der Waals surface area contributed by atoms with Gasteiger partial charge in [0.1, 0.15) is 0 Å². The summed E-state index contributed by atoms with van der Waals surface area (Å²) in [6.07, 6.45) is 0. The lowest BCUT2D eigenvalue weighted by Crippen LogP contribution is -2.14. The molecule has 0 saturated heterocycles. The first-order chi connectivity index (χ1) is 13.2. The largest absolute Gasteiger partial charge is 0.280 e. The summed E-state index contributed by atoms with van der Waals surface area (Å²) in [6, 6.07) is 18.1. The molecule has 0 saturated carbocycles. The summed E-state index contributed by atoms with van der Waals surface area (Å²) in [5.41, 5.74) is 1.61. The molecular weight excluding hydrogens is 420 g/mol. The maximum Gasteiger partial charge on any atom is 0.261 e. The molecule has 0 aliphatic rings. The number of benzene rings is 3. The van der Waals surface area contributed by atoms with E-state index >= 15 is 0 Å². The molecule has 0 atom stereocenters. The Morgan fingerprint density at radius 2 is 1.18 bits per heavy atom. The van der Waals surface area contributed by atoms with Crippen molar-refractivity contribution in [2.24, 2.45) is 0 Å². The SMILES string of the molecule is Cc1cccc(NS(=O)(=O)c2ccc(NS(=O)(=O)c3ccc(Cl)cc3)cc2)c1. The van der Waals surface area contributed by atoms with Crippen LogP contribution in [0.25, 0.3) is 0 Å². The second kappa shape index (κ2) is 7.83. The van der Waals surface area contributed by atoms with Gasteiger partial charge in [-0.2, -0.15) is 0 Å². The van der Waals surface area contributed by atoms with Gasteiger partial charge in [0.15, 0.2) is 0 Å². The molecule has 3 aromatic carbocycles. The van der Waals surface area contributed by atoms with E-state index in [-0.39, 0.29) is 15.5 Å². The van der Waals surface area contributed by atoms with E-state index in [1.807, 2.05) is 13.0 Å². The molecular formula is C19H17ClN2O4S2. The van der Waals surface area contributed by atoms with Gasteiger partial charge in [-0.15, -0.1) is 0 Å². The Kier molecular flexibility index (Phi) is 5.64. The first-order valence-electron chi connectivity index (χ1n) is 8.14. The van der Waals surface area contributed by atoms with Crippen molar-refractivity contribution >= 4 is 43.0 Å². The van der Waals surface area contributed by atoms with E-state index in [1.54, 1.807) is 18.2 Å². The molecule has 6 nitrogen and oxygen atoms in total. The van der Waals surface area contributed by atoms with Crippen molar-refractivity contribution in [1.29, 1.82) is 0 Å². The molecule has 0 bridgehead atoms. The van der Waals surface area contributed by atoms with Crippen molar-refractivity contribution in [1.82, 2.24) is 0 Å². The van der Waals surface area contributed by atoms with Crippen LogP contribution in [0.3, 0.4) is 0 Å². The van der Waals surface area contributed by atoms with E-state index in [1.165, 1.54) is 48.5 Å². The molecule has 0 fully saturated rings. The lowest BCUT2D eigenvalue weighted by Gasteiger charge is -2.11. The third kappa shape index (κ3) is 4.83. The molecule has 9 heteroatoms. The first kappa shape index (κ1) is 20.2. The predicted molar refractivity (Wildman–Crippen MR) is 111 cm³/mol. The topological polar surface area (TPSA) is 92.3 Å². The quantitative estimate of drug-likeness (QED) is 0.604. The van der Waals surface area contributed by atoms with Gasteiger partial charge in [-0.05, 0) is 73.2 Å². The summed E-state index contributed by atoms with van der Waals surface area (Å²) in [6.45, 7) is 1.86. The molecule has 3 aromatic rings. The van der Waals surface area contributed by atoms with E-state index in [0.29, 0.717) is 10.7 Å². The molecule has 0 aliphatic heterocycles. The van der Waals surface area contributed by atoms with Crippen LogP contribution in [0.15, 0.2) is 82.6 Å². The standard InChI is InChI=1S/C19H17ClN2O4S2/c1-14-3-2-4-17(13-14)22-28(25,26)19-11-7-16(8-12-19)21-27(23,24)18-9-5-15(20)6-10-18/h2-13,21-22H,1H3. The monoisotopic (exact) mass is 436 g/mol. The van der Waals surface area contributed by atoms with Gasteiger partial charge >= 0.3 is 0 Å². The van der Waals surface area contributed by atoms with Crippen LogP contribution in [0.1, 0.15) is 5.56 Å². The van der Waals surface area contributed by atoms with Crippen molar-refractivity contribution < 1.29 is 16.8 Å². The zero-order chi connectivity index (χ0) is 20.4. The van der Waals surface area contributed by atoms with E-state index in [9.17, 15) is 16.8 Å². The van der Waals surface area contributed by atoms with Crippen molar-refractivity contribution in [3.63, 3.8) is 0 Å². The Labute approximate surface area is 169 Å². The maximum atomic E-state index is 12.5. The third-order valence-electron chi connectivity index (χ3n) is 3.81. The molecule has 146 valence electrons. The molecule has 3 rings (SSSR count). The number of hydrogen-bond donors (Lipinski definition) is 2. The van der Waals surface area contributed by atoms with Crippen LogP contribution in [-0.2, 0) is 20.0 Å². The second-order valence-electron chi connectivity index (χ2n) is 6.06. The summed E-state index contributed by atoms with van der Waals surface area (Å²) in [7, 11) is -7.59. The fourth-order valence-corrected chi connectivity index (χ4v) is 4.69. The van der Waals surface area contributed by atoms with Crippen molar-refractivity contribution in [2.45, 2.75) is 16.7 Å². The van der Waals surface area contributed by atoms with Crippen molar-refractivity contribution in [3.05, 3.63) is 83.4 Å². The Hall–Kier alpha value is -2.55. The highest BCUT2D eigenvalue weighted by Crippen LogP contribution is 2.21. The molecule has 0 aliphatic carbocycles. The normalized spacial score (nSPS) is 11.8. The minimum atomic E-state index is -3.81. The molecule has 0 radical (unpaired) electrons. The maximum absolute atomic E-state index is 12.5. The van der Waals surface area contributed by atoms with Gasteiger partial charge in [0.05, 0.1) is 9.79 Å². The molecule has 28 heavy (non-hydrogen) atoms. The molecule has 0 aromatic heterocycles. The van der Waals surface area contributed by atoms with Gasteiger partial charge in [0.25, 0.3) is 20.0 Å². The van der Waals surface area contributed by atoms with Crippen LogP contribution in [0.5, 0.6) is 0 Å². The number of aryl methyl sites for hydroxylation is 1. The van der Waals surface area contributed by atoms with E-state index in [2.05, 4.69) is 9.44 Å². The van der Waals surface area contributed by atoms with Crippen LogP contribution in [0.4, 0.5) is 11.4 Å². The average molecular weight is 437 g/mol. The van der Waals surface area contributed by atoms with Gasteiger partial charge in [0, 0.05) is 16.4 Å². The Morgan fingerprint density at radius 3 is 1.71 bits per heavy atom. The lowest BCUT2D eigenvalue weighted by atomic mass is 10.2. The van der Waals surface area contributed by atoms with Crippen LogP contribution < -0.4 is 9.44 Å². The average Bonchev–Trinajstić information content (AvgIpc) is 2.62. The van der Waals surface area contributed by atoms with Gasteiger partial charge in [-0.1, -0.05) is 23.7 Å². The predicted octanol–water partition coefficient (Wildman–Crippen LogP) is 4.25. The van der Waals surface area contributed by atoms with Gasteiger partial charge in [-0.25, -0.2) is 16.8 Å². The summed E-state index contributed by atoms with van der Waals surface area (Å²) >= 11 is 5.77. The van der Waals surface area contributed by atoms with Crippen LogP contribution >= 0.6 is 11.6 Å². The number of anilines is 2. The van der Waals surface area contributed by atoms with E-state index in [0.717, 1.165) is 5.56 Å². The molecule has 0 heterocycles. The molecule has 0 amide bonds. The first-order valence-corrected chi connectivity index (χ1v) is 11.5. The molecule has 2 N–H and O–H groups in total. The van der Waals surface area contributed by atoms with Crippen LogP contribution in [0, 0.1) is 6.92 Å². The highest BCUT2D eigenvalue weighted by Gasteiger charge is 2.17. The van der Waals surface area contributed by atoms with Crippen LogP contribution in [0.2, 0.25) is 5.02 Å². The Bertz CT molecular complexity index is 1190. The minimum absolute atomic E-state index is 0.0171. The highest BCUT2D eigenvalue weighted by atomic mass is 35.5. The minimum Gasteiger partial charge on any atom is -0.280 e. The summed E-state index contributed by atoms with van der Waals surface area (Å²) in [5, 5.41) is 0.426. The second-order valence-corrected chi connectivity index (χ2v) is 9.86. The third-order valence-corrected chi connectivity index (χ3v) is 6.86. The zero-order valence-electron chi connectivity index (χ0n) is 14.8. The zero-order valence-corrected chi connectivity index (χ0v) is 17.1. The van der Waals surface area contributed by atoms with Gasteiger partial charge in [0.2, 0.25) is 0 Å². The smallest absolute Gasteiger partial charge is 0.261 e. The van der Waals surface area contributed by atoms with E-state index < -0.39 is 20.0 Å². The Balaban J connectivity index is 1.78. The highest BCUT2D eigenvalue weighted by molar-refractivity contribution is 7.93. The fraction of sp³-hybridized carbons (Fsp3) is 0.0526. The lowest BCUT2D eigenvalue weighted by molar-refractivity contribution is 0.600. The number of nitrogens with one attached hydrogen (secondary N) is 2. The van der Waals surface area contributed by atoms with Crippen molar-refractivity contribution in [3.8, 4) is 0 Å². The number of rotatable bonds is 6. The molecule has 0 unspecified atom stereocenters. The van der Waals surface area contributed by atoms with E-state index in [4.69, 9.17) is 11.6 Å². The summed E-state index contributed by atoms with van der Waals surface area (Å²) in [5.74, 6) is 0. The number of halogens is 1. The number of hydrogen-bond acceptors (Lipinski definition) is 4. The van der Waals surface area contributed by atoms with Crippen molar-refractivity contribution in [2.75, 3.05) is 9.44 Å². The summed E-state index contributed by atoms with van der Waals surface area (Å²) in [4.78, 5) is 0.0677. The fourth-order valence-electron chi connectivity index (χ4n) is 2.45. The van der Waals surface area contributed by atoms with Gasteiger partial charge < -0.3 is 0 Å². The molecule has 0 spiro atoms. The number of sulfonamides is 2.